The van der Waals surface area contributed by atoms with E-state index in [0.29, 0.717) is 18.7 Å². The highest BCUT2D eigenvalue weighted by molar-refractivity contribution is 5.84. The number of hydrogen-bond donors (Lipinski definition) is 1. The molecule has 0 unspecified atom stereocenters. The van der Waals surface area contributed by atoms with Gasteiger partial charge in [0.05, 0.1) is 6.54 Å². The fourth-order valence-corrected chi connectivity index (χ4v) is 2.65. The maximum absolute atomic E-state index is 12.5. The first kappa shape index (κ1) is 20.5. The zero-order valence-corrected chi connectivity index (χ0v) is 16.5. The molecule has 7 nitrogen and oxygen atoms in total. The monoisotopic (exact) mass is 373 g/mol. The average Bonchev–Trinajstić information content (AvgIpc) is 2.56. The molecule has 1 N–H and O–H groups in total. The summed E-state index contributed by atoms with van der Waals surface area (Å²) in [6.45, 7) is 7.76. The van der Waals surface area contributed by atoms with Gasteiger partial charge in [-0.3, -0.25) is 19.2 Å². The Kier molecular flexibility index (Phi) is 6.25. The molecule has 0 saturated carbocycles. The summed E-state index contributed by atoms with van der Waals surface area (Å²) in [4.78, 5) is 36.2. The molecule has 0 aliphatic rings. The second-order valence-electron chi connectivity index (χ2n) is 7.48. The molecule has 27 heavy (non-hydrogen) atoms. The quantitative estimate of drug-likeness (QED) is 0.874. The predicted octanol–water partition coefficient (Wildman–Crippen LogP) is 2.89. The fraction of sp³-hybridized carbons (Fsp3) is 0.450. The van der Waals surface area contributed by atoms with Gasteiger partial charge in [0.25, 0.3) is 5.56 Å². The maximum Gasteiger partial charge on any atom is 0.412 e. The molecule has 0 aliphatic carbocycles. The molecule has 146 valence electrons. The number of rotatable bonds is 5. The van der Waals surface area contributed by atoms with Crippen LogP contribution in [-0.2, 0) is 24.8 Å². The van der Waals surface area contributed by atoms with Gasteiger partial charge in [0.15, 0.2) is 0 Å². The lowest BCUT2D eigenvalue weighted by Gasteiger charge is -2.19. The van der Waals surface area contributed by atoms with Crippen molar-refractivity contribution in [3.05, 3.63) is 62.4 Å². The lowest BCUT2D eigenvalue weighted by molar-refractivity contribution is 0.0636. The molecule has 0 spiro atoms. The Morgan fingerprint density at radius 3 is 2.33 bits per heavy atom. The highest BCUT2D eigenvalue weighted by Crippen LogP contribution is 2.14. The summed E-state index contributed by atoms with van der Waals surface area (Å²) in [6, 6.07) is 8.70. The van der Waals surface area contributed by atoms with E-state index in [1.165, 1.54) is 13.1 Å². The third-order valence-corrected chi connectivity index (χ3v) is 3.93. The summed E-state index contributed by atoms with van der Waals surface area (Å²) in [7, 11) is 1.48. The number of hydrogen-bond acceptors (Lipinski definition) is 4. The minimum absolute atomic E-state index is 0.295. The smallest absolute Gasteiger partial charge is 0.412 e. The van der Waals surface area contributed by atoms with Crippen LogP contribution in [0.25, 0.3) is 0 Å². The van der Waals surface area contributed by atoms with E-state index in [4.69, 9.17) is 4.74 Å². The first-order valence-electron chi connectivity index (χ1n) is 8.99. The standard InChI is InChI=1S/C20H27N3O4/c1-6-7-16-12-17(24)22(5)19(26)23(16)13-14-8-10-15(11-9-14)21-18(25)27-20(2,3)4/h8-12H,6-7,13H2,1-5H3,(H,21,25). The molecule has 1 amide bonds. The van der Waals surface area contributed by atoms with E-state index < -0.39 is 11.7 Å². The van der Waals surface area contributed by atoms with Gasteiger partial charge >= 0.3 is 11.8 Å². The van der Waals surface area contributed by atoms with Crippen molar-refractivity contribution in [2.75, 3.05) is 5.32 Å². The van der Waals surface area contributed by atoms with Crippen LogP contribution in [0.2, 0.25) is 0 Å². The zero-order chi connectivity index (χ0) is 20.2. The van der Waals surface area contributed by atoms with E-state index >= 15 is 0 Å². The van der Waals surface area contributed by atoms with Gasteiger partial charge in [0, 0.05) is 24.5 Å². The Morgan fingerprint density at radius 2 is 1.78 bits per heavy atom. The molecule has 0 radical (unpaired) electrons. The van der Waals surface area contributed by atoms with Gasteiger partial charge in [-0.2, -0.15) is 0 Å². The highest BCUT2D eigenvalue weighted by Gasteiger charge is 2.16. The third kappa shape index (κ3) is 5.57. The van der Waals surface area contributed by atoms with E-state index in [2.05, 4.69) is 5.32 Å². The number of carbonyl (C=O) groups is 1. The van der Waals surface area contributed by atoms with Crippen molar-refractivity contribution in [3.8, 4) is 0 Å². The average molecular weight is 373 g/mol. The molecule has 2 aromatic rings. The molecular weight excluding hydrogens is 346 g/mol. The number of aryl methyl sites for hydroxylation is 1. The molecule has 1 aromatic heterocycles. The molecule has 2 rings (SSSR count). The van der Waals surface area contributed by atoms with E-state index in [1.807, 2.05) is 19.1 Å². The van der Waals surface area contributed by atoms with E-state index in [1.54, 1.807) is 37.5 Å². The van der Waals surface area contributed by atoms with Crippen molar-refractivity contribution >= 4 is 11.8 Å². The van der Waals surface area contributed by atoms with Crippen molar-refractivity contribution in [1.29, 1.82) is 0 Å². The van der Waals surface area contributed by atoms with E-state index in [0.717, 1.165) is 22.2 Å². The minimum atomic E-state index is -0.565. The normalized spacial score (nSPS) is 11.3. The molecule has 1 heterocycles. The number of anilines is 1. The SMILES string of the molecule is CCCc1cc(=O)n(C)c(=O)n1Cc1ccc(NC(=O)OC(C)(C)C)cc1. The number of amides is 1. The van der Waals surface area contributed by atoms with Crippen LogP contribution in [-0.4, -0.2) is 20.8 Å². The highest BCUT2D eigenvalue weighted by atomic mass is 16.6. The van der Waals surface area contributed by atoms with Crippen LogP contribution in [0.3, 0.4) is 0 Å². The predicted molar refractivity (Wildman–Crippen MR) is 105 cm³/mol. The zero-order valence-electron chi connectivity index (χ0n) is 16.5. The molecule has 0 saturated heterocycles. The largest absolute Gasteiger partial charge is 0.444 e. The van der Waals surface area contributed by atoms with Crippen molar-refractivity contribution < 1.29 is 9.53 Å². The molecule has 7 heteroatoms. The van der Waals surface area contributed by atoms with Gasteiger partial charge in [-0.25, -0.2) is 9.59 Å². The lowest BCUT2D eigenvalue weighted by atomic mass is 10.2. The lowest BCUT2D eigenvalue weighted by Crippen LogP contribution is -2.39. The number of ether oxygens (including phenoxy) is 1. The third-order valence-electron chi connectivity index (χ3n) is 3.93. The molecular formula is C20H27N3O4. The fourth-order valence-electron chi connectivity index (χ4n) is 2.65. The van der Waals surface area contributed by atoms with Crippen molar-refractivity contribution in [2.24, 2.45) is 7.05 Å². The van der Waals surface area contributed by atoms with Crippen LogP contribution in [0, 0.1) is 0 Å². The van der Waals surface area contributed by atoms with Crippen LogP contribution in [0.4, 0.5) is 10.5 Å². The Bertz CT molecular complexity index is 918. The van der Waals surface area contributed by atoms with Gasteiger partial charge in [-0.15, -0.1) is 0 Å². The van der Waals surface area contributed by atoms with Gasteiger partial charge in [-0.05, 0) is 44.9 Å². The summed E-state index contributed by atoms with van der Waals surface area (Å²) in [5.74, 6) is 0. The van der Waals surface area contributed by atoms with Crippen molar-refractivity contribution in [2.45, 2.75) is 52.7 Å². The Morgan fingerprint density at radius 1 is 1.15 bits per heavy atom. The topological polar surface area (TPSA) is 82.3 Å². The summed E-state index contributed by atoms with van der Waals surface area (Å²) >= 11 is 0. The summed E-state index contributed by atoms with van der Waals surface area (Å²) < 4.78 is 7.94. The first-order valence-corrected chi connectivity index (χ1v) is 8.99. The number of nitrogens with zero attached hydrogens (tertiary/aromatic N) is 2. The van der Waals surface area contributed by atoms with E-state index in [-0.39, 0.29) is 11.2 Å². The van der Waals surface area contributed by atoms with E-state index in [9.17, 15) is 14.4 Å². The van der Waals surface area contributed by atoms with Crippen LogP contribution in [0.15, 0.2) is 39.9 Å². The number of carbonyl (C=O) groups excluding carboxylic acids is 1. The minimum Gasteiger partial charge on any atom is -0.444 e. The van der Waals surface area contributed by atoms with Gasteiger partial charge in [-0.1, -0.05) is 25.5 Å². The number of aromatic nitrogens is 2. The van der Waals surface area contributed by atoms with Gasteiger partial charge < -0.3 is 4.74 Å². The molecule has 0 fully saturated rings. The van der Waals surface area contributed by atoms with Gasteiger partial charge in [0.2, 0.25) is 0 Å². The Hall–Kier alpha value is -2.83. The van der Waals surface area contributed by atoms with Crippen LogP contribution in [0.5, 0.6) is 0 Å². The summed E-state index contributed by atoms with van der Waals surface area (Å²) in [6.07, 6.45) is 0.976. The van der Waals surface area contributed by atoms with Crippen molar-refractivity contribution in [1.82, 2.24) is 9.13 Å². The number of nitrogens with one attached hydrogen (secondary N) is 1. The molecule has 1 aromatic carbocycles. The first-order chi connectivity index (χ1) is 12.6. The Labute approximate surface area is 158 Å². The van der Waals surface area contributed by atoms with Crippen LogP contribution >= 0.6 is 0 Å². The van der Waals surface area contributed by atoms with Crippen molar-refractivity contribution in [3.63, 3.8) is 0 Å². The molecule has 0 bridgehead atoms. The maximum atomic E-state index is 12.5. The Balaban J connectivity index is 2.20. The van der Waals surface area contributed by atoms with Gasteiger partial charge in [0.1, 0.15) is 5.60 Å². The summed E-state index contributed by atoms with van der Waals surface area (Å²) in [5.41, 5.74) is 1.03. The van der Waals surface area contributed by atoms with Crippen LogP contribution < -0.4 is 16.6 Å². The van der Waals surface area contributed by atoms with Crippen LogP contribution in [0.1, 0.15) is 45.4 Å². The second-order valence-corrected chi connectivity index (χ2v) is 7.48. The number of benzene rings is 1. The molecule has 0 atom stereocenters. The summed E-state index contributed by atoms with van der Waals surface area (Å²) in [5, 5.41) is 2.67. The second kappa shape index (κ2) is 8.24. The molecule has 0 aliphatic heterocycles.